The van der Waals surface area contributed by atoms with Crippen molar-refractivity contribution in [1.82, 2.24) is 30.3 Å². The number of tetrazole rings is 1. The molecule has 0 saturated heterocycles. The number of alkyl halides is 3. The van der Waals surface area contributed by atoms with Gasteiger partial charge in [-0.3, -0.25) is 0 Å². The third kappa shape index (κ3) is 4.65. The van der Waals surface area contributed by atoms with Crippen molar-refractivity contribution in [2.45, 2.75) is 43.9 Å². The first-order valence-electron chi connectivity index (χ1n) is 8.18. The van der Waals surface area contributed by atoms with Gasteiger partial charge in [0.15, 0.2) is 0 Å². The average molecular weight is 398 g/mol. The van der Waals surface area contributed by atoms with Crippen LogP contribution in [0.2, 0.25) is 0 Å². The van der Waals surface area contributed by atoms with Gasteiger partial charge in [-0.1, -0.05) is 42.9 Å². The molecule has 3 rings (SSSR count). The van der Waals surface area contributed by atoms with E-state index >= 15 is 0 Å². The number of nitrogens with zero attached hydrogens (tertiary/aromatic N) is 6. The molecule has 0 N–H and O–H groups in total. The summed E-state index contributed by atoms with van der Waals surface area (Å²) in [6.45, 7) is 6.61. The zero-order valence-corrected chi connectivity index (χ0v) is 15.6. The van der Waals surface area contributed by atoms with Crippen LogP contribution in [0.5, 0.6) is 0 Å². The van der Waals surface area contributed by atoms with Crippen molar-refractivity contribution in [2.24, 2.45) is 5.92 Å². The van der Waals surface area contributed by atoms with Gasteiger partial charge in [0, 0.05) is 12.1 Å². The van der Waals surface area contributed by atoms with Gasteiger partial charge in [0.1, 0.15) is 0 Å². The zero-order chi connectivity index (χ0) is 19.6. The molecule has 1 unspecified atom stereocenters. The van der Waals surface area contributed by atoms with Crippen molar-refractivity contribution in [2.75, 3.05) is 0 Å². The van der Waals surface area contributed by atoms with Crippen LogP contribution in [0.1, 0.15) is 37.5 Å². The Morgan fingerprint density at radius 3 is 2.70 bits per heavy atom. The lowest BCUT2D eigenvalue weighted by Crippen LogP contribution is -2.08. The van der Waals surface area contributed by atoms with Crippen LogP contribution in [0.25, 0.3) is 11.4 Å². The standard InChI is InChI=1S/C16H17F3N6OS/c1-9(2)8-25-15(21-23-24-25)27-10(3)14-20-13(22-26-14)11-5-4-6-12(7-11)16(17,18)19/h4-7,9-10H,8H2,1-3H3. The minimum atomic E-state index is -4.43. The lowest BCUT2D eigenvalue weighted by Gasteiger charge is -2.08. The minimum Gasteiger partial charge on any atom is -0.338 e. The molecule has 0 saturated carbocycles. The molecule has 0 radical (unpaired) electrons. The second kappa shape index (κ2) is 7.67. The van der Waals surface area contributed by atoms with E-state index in [1.807, 2.05) is 6.92 Å². The van der Waals surface area contributed by atoms with Gasteiger partial charge < -0.3 is 4.52 Å². The Bertz CT molecular complexity index is 907. The Balaban J connectivity index is 1.77. The van der Waals surface area contributed by atoms with E-state index in [1.54, 1.807) is 4.68 Å². The summed E-state index contributed by atoms with van der Waals surface area (Å²) in [7, 11) is 0. The first kappa shape index (κ1) is 19.3. The fraction of sp³-hybridized carbons (Fsp3) is 0.438. The largest absolute Gasteiger partial charge is 0.416 e. The summed E-state index contributed by atoms with van der Waals surface area (Å²) in [4.78, 5) is 4.23. The highest BCUT2D eigenvalue weighted by Gasteiger charge is 2.31. The Labute approximate surface area is 157 Å². The molecule has 1 atom stereocenters. The van der Waals surface area contributed by atoms with Crippen LogP contribution in [-0.2, 0) is 12.7 Å². The fourth-order valence-corrected chi connectivity index (χ4v) is 3.13. The first-order chi connectivity index (χ1) is 12.7. The Morgan fingerprint density at radius 1 is 1.22 bits per heavy atom. The van der Waals surface area contributed by atoms with Crippen molar-refractivity contribution >= 4 is 11.8 Å². The normalized spacial score (nSPS) is 13.3. The predicted molar refractivity (Wildman–Crippen MR) is 91.7 cm³/mol. The lowest BCUT2D eigenvalue weighted by molar-refractivity contribution is -0.137. The Kier molecular flexibility index (Phi) is 5.49. The van der Waals surface area contributed by atoms with E-state index in [0.29, 0.717) is 17.6 Å². The van der Waals surface area contributed by atoms with E-state index in [0.717, 1.165) is 12.1 Å². The summed E-state index contributed by atoms with van der Waals surface area (Å²) in [6, 6.07) is 4.81. The van der Waals surface area contributed by atoms with Crippen LogP contribution in [0.3, 0.4) is 0 Å². The monoisotopic (exact) mass is 398 g/mol. The number of hydrogen-bond donors (Lipinski definition) is 0. The summed E-state index contributed by atoms with van der Waals surface area (Å²) in [5.41, 5.74) is -0.525. The zero-order valence-electron chi connectivity index (χ0n) is 14.8. The Morgan fingerprint density at radius 2 is 2.00 bits per heavy atom. The molecule has 144 valence electrons. The van der Waals surface area contributed by atoms with Crippen LogP contribution in [0, 0.1) is 5.92 Å². The minimum absolute atomic E-state index is 0.102. The van der Waals surface area contributed by atoms with Gasteiger partial charge in [-0.15, -0.1) is 5.10 Å². The number of hydrogen-bond acceptors (Lipinski definition) is 7. The fourth-order valence-electron chi connectivity index (χ4n) is 2.30. The lowest BCUT2D eigenvalue weighted by atomic mass is 10.1. The molecule has 0 amide bonds. The quantitative estimate of drug-likeness (QED) is 0.574. The highest BCUT2D eigenvalue weighted by Crippen LogP contribution is 2.35. The number of rotatable bonds is 6. The van der Waals surface area contributed by atoms with Crippen molar-refractivity contribution in [3.8, 4) is 11.4 Å². The van der Waals surface area contributed by atoms with Gasteiger partial charge in [-0.2, -0.15) is 18.2 Å². The maximum absolute atomic E-state index is 12.9. The highest BCUT2D eigenvalue weighted by molar-refractivity contribution is 7.99. The van der Waals surface area contributed by atoms with Crippen LogP contribution >= 0.6 is 11.8 Å². The number of thioether (sulfide) groups is 1. The van der Waals surface area contributed by atoms with Gasteiger partial charge in [0.25, 0.3) is 0 Å². The third-order valence-corrected chi connectivity index (χ3v) is 4.62. The molecular weight excluding hydrogens is 381 g/mol. The molecule has 0 spiro atoms. The molecule has 7 nitrogen and oxygen atoms in total. The van der Waals surface area contributed by atoms with Crippen molar-refractivity contribution in [3.05, 3.63) is 35.7 Å². The topological polar surface area (TPSA) is 82.5 Å². The van der Waals surface area contributed by atoms with Gasteiger partial charge in [0.2, 0.25) is 16.9 Å². The summed E-state index contributed by atoms with van der Waals surface area (Å²) in [5, 5.41) is 15.8. The predicted octanol–water partition coefficient (Wildman–Crippen LogP) is 4.25. The Hall–Kier alpha value is -2.43. The molecule has 11 heteroatoms. The van der Waals surface area contributed by atoms with Crippen molar-refractivity contribution < 1.29 is 17.7 Å². The van der Waals surface area contributed by atoms with E-state index < -0.39 is 11.7 Å². The van der Waals surface area contributed by atoms with Gasteiger partial charge in [-0.05, 0) is 35.4 Å². The van der Waals surface area contributed by atoms with Crippen LogP contribution in [-0.4, -0.2) is 30.3 Å². The molecule has 0 aliphatic rings. The second-order valence-corrected chi connectivity index (χ2v) is 7.64. The first-order valence-corrected chi connectivity index (χ1v) is 9.06. The van der Waals surface area contributed by atoms with Crippen molar-refractivity contribution in [3.63, 3.8) is 0 Å². The molecular formula is C16H17F3N6OS. The van der Waals surface area contributed by atoms with Gasteiger partial charge in [0.05, 0.1) is 10.8 Å². The molecule has 1 aromatic carbocycles. The van der Waals surface area contributed by atoms with E-state index in [9.17, 15) is 13.2 Å². The third-order valence-electron chi connectivity index (χ3n) is 3.56. The van der Waals surface area contributed by atoms with Crippen LogP contribution in [0.4, 0.5) is 13.2 Å². The summed E-state index contributed by atoms with van der Waals surface area (Å²) in [5.74, 6) is 0.760. The molecule has 27 heavy (non-hydrogen) atoms. The summed E-state index contributed by atoms with van der Waals surface area (Å²) < 4.78 is 45.5. The second-order valence-electron chi connectivity index (χ2n) is 6.33. The molecule has 3 aromatic rings. The van der Waals surface area contributed by atoms with E-state index in [4.69, 9.17) is 4.52 Å². The van der Waals surface area contributed by atoms with Crippen LogP contribution in [0.15, 0.2) is 33.9 Å². The SMILES string of the molecule is CC(C)Cn1nnnc1SC(C)c1nc(-c2cccc(C(F)(F)F)c2)no1. The van der Waals surface area contributed by atoms with E-state index in [2.05, 4.69) is 39.5 Å². The smallest absolute Gasteiger partial charge is 0.338 e. The molecule has 2 heterocycles. The number of benzene rings is 1. The van der Waals surface area contributed by atoms with Gasteiger partial charge in [-0.25, -0.2) is 4.68 Å². The molecule has 2 aromatic heterocycles. The highest BCUT2D eigenvalue weighted by atomic mass is 32.2. The molecule has 0 bridgehead atoms. The number of aromatic nitrogens is 6. The molecule has 0 aliphatic heterocycles. The number of halogens is 3. The molecule has 0 fully saturated rings. The van der Waals surface area contributed by atoms with Crippen molar-refractivity contribution in [1.29, 1.82) is 0 Å². The van der Waals surface area contributed by atoms with Crippen LogP contribution < -0.4 is 0 Å². The van der Waals surface area contributed by atoms with E-state index in [-0.39, 0.29) is 22.5 Å². The maximum Gasteiger partial charge on any atom is 0.416 e. The van der Waals surface area contributed by atoms with Gasteiger partial charge >= 0.3 is 6.18 Å². The van der Waals surface area contributed by atoms with E-state index in [1.165, 1.54) is 23.9 Å². The average Bonchev–Trinajstić information content (AvgIpc) is 3.24. The maximum atomic E-state index is 12.9. The molecule has 0 aliphatic carbocycles. The summed E-state index contributed by atoms with van der Waals surface area (Å²) >= 11 is 1.34. The summed E-state index contributed by atoms with van der Waals surface area (Å²) in [6.07, 6.45) is -4.43.